The van der Waals surface area contributed by atoms with Crippen molar-refractivity contribution >= 4 is 23.3 Å². The number of aromatic nitrogens is 1. The van der Waals surface area contributed by atoms with E-state index in [9.17, 15) is 18.3 Å². The first-order valence-electron chi connectivity index (χ1n) is 9.53. The smallest absolute Gasteiger partial charge is 0.385 e. The number of rotatable bonds is 4. The molecule has 3 aromatic rings. The van der Waals surface area contributed by atoms with E-state index in [-0.39, 0.29) is 12.4 Å². The van der Waals surface area contributed by atoms with Gasteiger partial charge in [0.05, 0.1) is 11.2 Å². The Kier molecular flexibility index (Phi) is 6.27. The number of halogens is 4. The number of alkyl halides is 3. The van der Waals surface area contributed by atoms with Crippen LogP contribution in [0.4, 0.5) is 13.2 Å². The number of piperidine rings is 1. The van der Waals surface area contributed by atoms with Crippen LogP contribution in [-0.2, 0) is 18.2 Å². The van der Waals surface area contributed by atoms with E-state index in [0.29, 0.717) is 31.5 Å². The zero-order valence-corrected chi connectivity index (χ0v) is 16.7. The Morgan fingerprint density at radius 1 is 1.03 bits per heavy atom. The van der Waals surface area contributed by atoms with Gasteiger partial charge in [0.15, 0.2) is 0 Å². The lowest BCUT2D eigenvalue weighted by Gasteiger charge is -2.38. The highest BCUT2D eigenvalue weighted by Gasteiger charge is 2.36. The van der Waals surface area contributed by atoms with E-state index < -0.39 is 17.3 Å². The Morgan fingerprint density at radius 2 is 1.76 bits per heavy atom. The first-order valence-corrected chi connectivity index (χ1v) is 9.53. The molecule has 1 aliphatic heterocycles. The minimum absolute atomic E-state index is 0. The average Bonchev–Trinajstić information content (AvgIpc) is 3.10. The average molecular weight is 425 g/mol. The fourth-order valence-corrected chi connectivity index (χ4v) is 4.04. The number of aliphatic hydroxyl groups is 1. The van der Waals surface area contributed by atoms with Crippen molar-refractivity contribution in [2.24, 2.45) is 0 Å². The number of H-pyrrole nitrogens is 1. The van der Waals surface area contributed by atoms with E-state index in [1.165, 1.54) is 17.0 Å². The topological polar surface area (TPSA) is 39.3 Å². The van der Waals surface area contributed by atoms with Crippen LogP contribution in [0, 0.1) is 0 Å². The van der Waals surface area contributed by atoms with Gasteiger partial charge in [0.1, 0.15) is 0 Å². The number of likely N-dealkylation sites (tertiary alicyclic amines) is 1. The second kappa shape index (κ2) is 8.38. The van der Waals surface area contributed by atoms with Gasteiger partial charge in [-0.2, -0.15) is 13.2 Å². The molecule has 2 aromatic carbocycles. The van der Waals surface area contributed by atoms with Crippen LogP contribution in [0.3, 0.4) is 0 Å². The second-order valence-corrected chi connectivity index (χ2v) is 7.56. The molecule has 0 spiro atoms. The molecule has 29 heavy (non-hydrogen) atoms. The molecule has 0 radical (unpaired) electrons. The molecule has 0 atom stereocenters. The number of fused-ring (bicyclic) bond motifs is 1. The predicted molar refractivity (Wildman–Crippen MR) is 110 cm³/mol. The number of hydrogen-bond acceptors (Lipinski definition) is 2. The molecule has 1 saturated heterocycles. The van der Waals surface area contributed by atoms with Gasteiger partial charge in [0.2, 0.25) is 0 Å². The molecule has 156 valence electrons. The third kappa shape index (κ3) is 4.60. The fraction of sp³-hybridized carbons (Fsp3) is 0.364. The monoisotopic (exact) mass is 424 g/mol. The quantitative estimate of drug-likeness (QED) is 0.609. The summed E-state index contributed by atoms with van der Waals surface area (Å²) in [7, 11) is 0. The summed E-state index contributed by atoms with van der Waals surface area (Å²) < 4.78 is 38.9. The van der Waals surface area contributed by atoms with E-state index >= 15 is 0 Å². The van der Waals surface area contributed by atoms with Crippen LogP contribution in [0.5, 0.6) is 0 Å². The number of aromatic amines is 1. The van der Waals surface area contributed by atoms with Gasteiger partial charge in [-0.1, -0.05) is 30.3 Å². The molecular formula is C22H24ClF3N2O. The molecule has 4 rings (SSSR count). The Bertz CT molecular complexity index is 962. The number of hydrogen-bond donors (Lipinski definition) is 2. The Morgan fingerprint density at radius 3 is 2.48 bits per heavy atom. The predicted octanol–water partition coefficient (Wildman–Crippen LogP) is 5.13. The van der Waals surface area contributed by atoms with Crippen LogP contribution in [-0.4, -0.2) is 34.6 Å². The van der Waals surface area contributed by atoms with Crippen LogP contribution in [0.1, 0.15) is 29.5 Å². The number of para-hydroxylation sites is 1. The van der Waals surface area contributed by atoms with Crippen LogP contribution in [0.15, 0.2) is 54.7 Å². The van der Waals surface area contributed by atoms with Gasteiger partial charge in [-0.25, -0.2) is 0 Å². The van der Waals surface area contributed by atoms with E-state index in [0.717, 1.165) is 30.6 Å². The van der Waals surface area contributed by atoms with E-state index in [1.807, 2.05) is 18.3 Å². The van der Waals surface area contributed by atoms with Gasteiger partial charge in [-0.15, -0.1) is 12.4 Å². The number of nitrogens with zero attached hydrogens (tertiary/aromatic N) is 1. The van der Waals surface area contributed by atoms with Crippen LogP contribution in [0.2, 0.25) is 0 Å². The SMILES string of the molecule is Cl.OC1(c2cccc(C(F)(F)F)c2)CCN(CCc2c[nH]c3ccccc23)CC1. The van der Waals surface area contributed by atoms with Crippen LogP contribution >= 0.6 is 12.4 Å². The van der Waals surface area contributed by atoms with Crippen molar-refractivity contribution in [1.29, 1.82) is 0 Å². The number of nitrogens with one attached hydrogen (secondary N) is 1. The molecular weight excluding hydrogens is 401 g/mol. The van der Waals surface area contributed by atoms with Gasteiger partial charge in [0.25, 0.3) is 0 Å². The Balaban J connectivity index is 0.00000240. The van der Waals surface area contributed by atoms with Crippen molar-refractivity contribution in [3.8, 4) is 0 Å². The second-order valence-electron chi connectivity index (χ2n) is 7.56. The van der Waals surface area contributed by atoms with Crippen molar-refractivity contribution in [2.75, 3.05) is 19.6 Å². The molecule has 1 aromatic heterocycles. The third-order valence-electron chi connectivity index (χ3n) is 5.78. The first kappa shape index (κ1) is 21.7. The highest BCUT2D eigenvalue weighted by Crippen LogP contribution is 2.36. The van der Waals surface area contributed by atoms with Gasteiger partial charge < -0.3 is 15.0 Å². The Labute approximate surface area is 173 Å². The van der Waals surface area contributed by atoms with Crippen molar-refractivity contribution < 1.29 is 18.3 Å². The van der Waals surface area contributed by atoms with E-state index in [1.54, 1.807) is 6.07 Å². The molecule has 1 fully saturated rings. The maximum Gasteiger partial charge on any atom is 0.416 e. The number of benzene rings is 2. The molecule has 0 aliphatic carbocycles. The fourth-order valence-electron chi connectivity index (χ4n) is 4.04. The first-order chi connectivity index (χ1) is 13.4. The maximum atomic E-state index is 13.0. The summed E-state index contributed by atoms with van der Waals surface area (Å²) >= 11 is 0. The standard InChI is InChI=1S/C22H23F3N2O.ClH/c23-22(24,25)18-5-3-4-17(14-18)21(28)9-12-27(13-10-21)11-8-16-15-26-20-7-2-1-6-19(16)20;/h1-7,14-15,26,28H,8-13H2;1H. The van der Waals surface area contributed by atoms with Crippen molar-refractivity contribution in [3.05, 3.63) is 71.4 Å². The van der Waals surface area contributed by atoms with Gasteiger partial charge in [-0.3, -0.25) is 0 Å². The summed E-state index contributed by atoms with van der Waals surface area (Å²) in [5, 5.41) is 12.2. The van der Waals surface area contributed by atoms with Crippen molar-refractivity contribution in [3.63, 3.8) is 0 Å². The van der Waals surface area contributed by atoms with Crippen LogP contribution in [0.25, 0.3) is 10.9 Å². The molecule has 2 N–H and O–H groups in total. The summed E-state index contributed by atoms with van der Waals surface area (Å²) in [5.74, 6) is 0. The lowest BCUT2D eigenvalue weighted by molar-refractivity contribution is -0.137. The molecule has 0 unspecified atom stereocenters. The maximum absolute atomic E-state index is 13.0. The van der Waals surface area contributed by atoms with E-state index in [4.69, 9.17) is 0 Å². The minimum Gasteiger partial charge on any atom is -0.385 e. The third-order valence-corrected chi connectivity index (χ3v) is 5.78. The van der Waals surface area contributed by atoms with Gasteiger partial charge in [0, 0.05) is 36.7 Å². The van der Waals surface area contributed by atoms with Crippen molar-refractivity contribution in [2.45, 2.75) is 31.0 Å². The highest BCUT2D eigenvalue weighted by atomic mass is 35.5. The van der Waals surface area contributed by atoms with Gasteiger partial charge >= 0.3 is 6.18 Å². The molecule has 0 bridgehead atoms. The van der Waals surface area contributed by atoms with Crippen molar-refractivity contribution in [1.82, 2.24) is 9.88 Å². The summed E-state index contributed by atoms with van der Waals surface area (Å²) in [6.07, 6.45) is -0.601. The van der Waals surface area contributed by atoms with E-state index in [2.05, 4.69) is 22.0 Å². The van der Waals surface area contributed by atoms with Gasteiger partial charge in [-0.05, 0) is 48.6 Å². The highest BCUT2D eigenvalue weighted by molar-refractivity contribution is 5.85. The molecule has 0 saturated carbocycles. The summed E-state index contributed by atoms with van der Waals surface area (Å²) in [6, 6.07) is 13.3. The lowest BCUT2D eigenvalue weighted by Crippen LogP contribution is -2.43. The molecule has 7 heteroatoms. The molecule has 2 heterocycles. The largest absolute Gasteiger partial charge is 0.416 e. The minimum atomic E-state index is -4.40. The summed E-state index contributed by atoms with van der Waals surface area (Å²) in [6.45, 7) is 2.19. The molecule has 3 nitrogen and oxygen atoms in total. The lowest BCUT2D eigenvalue weighted by atomic mass is 9.83. The molecule has 0 amide bonds. The summed E-state index contributed by atoms with van der Waals surface area (Å²) in [5.41, 5.74) is 0.835. The Hall–Kier alpha value is -2.02. The molecule has 1 aliphatic rings. The normalized spacial score (nSPS) is 17.2. The van der Waals surface area contributed by atoms with Crippen LogP contribution < -0.4 is 0 Å². The summed E-state index contributed by atoms with van der Waals surface area (Å²) in [4.78, 5) is 5.55. The zero-order chi connectivity index (χ0) is 19.8. The zero-order valence-electron chi connectivity index (χ0n) is 15.9.